The molecule has 108 valence electrons. The number of ether oxygens (including phenoxy) is 1. The standard InChI is InChI=1S/C16H17N3O2/c1-16(2)7-9-4-3-5-10(14(9)21-16)11-6-13(20)18-15-12(11)8-17-19-15/h3-5,8,11H,6-7H2,1-2H3,(H2,17,18,19,20)/t11-/m1/s1. The van der Waals surface area contributed by atoms with E-state index in [4.69, 9.17) is 4.74 Å². The zero-order chi connectivity index (χ0) is 14.6. The van der Waals surface area contributed by atoms with Crippen molar-refractivity contribution >= 4 is 11.7 Å². The Balaban J connectivity index is 1.84. The van der Waals surface area contributed by atoms with Crippen LogP contribution in [-0.4, -0.2) is 21.7 Å². The van der Waals surface area contributed by atoms with Gasteiger partial charge >= 0.3 is 0 Å². The predicted octanol–water partition coefficient (Wildman–Crippen LogP) is 2.60. The van der Waals surface area contributed by atoms with Gasteiger partial charge in [-0.2, -0.15) is 5.10 Å². The maximum atomic E-state index is 11.9. The molecule has 1 aromatic carbocycles. The van der Waals surface area contributed by atoms with Gasteiger partial charge < -0.3 is 10.1 Å². The van der Waals surface area contributed by atoms with Crippen molar-refractivity contribution in [1.29, 1.82) is 0 Å². The monoisotopic (exact) mass is 283 g/mol. The number of hydrogen-bond acceptors (Lipinski definition) is 3. The van der Waals surface area contributed by atoms with Crippen LogP contribution in [0.2, 0.25) is 0 Å². The maximum absolute atomic E-state index is 11.9. The van der Waals surface area contributed by atoms with Gasteiger partial charge in [-0.15, -0.1) is 0 Å². The van der Waals surface area contributed by atoms with Crippen LogP contribution >= 0.6 is 0 Å². The smallest absolute Gasteiger partial charge is 0.226 e. The first-order valence-corrected chi connectivity index (χ1v) is 7.17. The largest absolute Gasteiger partial charge is 0.487 e. The molecule has 1 atom stereocenters. The van der Waals surface area contributed by atoms with E-state index in [2.05, 4.69) is 41.5 Å². The molecule has 5 nitrogen and oxygen atoms in total. The molecule has 0 saturated carbocycles. The Kier molecular flexibility index (Phi) is 2.43. The van der Waals surface area contributed by atoms with Gasteiger partial charge in [0.2, 0.25) is 5.91 Å². The van der Waals surface area contributed by atoms with Crippen molar-refractivity contribution in [2.75, 3.05) is 5.32 Å². The number of carbonyl (C=O) groups is 1. The fourth-order valence-electron chi connectivity index (χ4n) is 3.34. The highest BCUT2D eigenvalue weighted by atomic mass is 16.5. The second-order valence-corrected chi connectivity index (χ2v) is 6.38. The Morgan fingerprint density at radius 3 is 3.05 bits per heavy atom. The summed E-state index contributed by atoms with van der Waals surface area (Å²) in [4.78, 5) is 11.9. The number of hydrogen-bond donors (Lipinski definition) is 2. The number of rotatable bonds is 1. The quantitative estimate of drug-likeness (QED) is 0.845. The highest BCUT2D eigenvalue weighted by Crippen LogP contribution is 2.45. The summed E-state index contributed by atoms with van der Waals surface area (Å²) in [5.74, 6) is 1.64. The van der Waals surface area contributed by atoms with Gasteiger partial charge in [0, 0.05) is 29.9 Å². The van der Waals surface area contributed by atoms with Gasteiger partial charge in [0.15, 0.2) is 0 Å². The summed E-state index contributed by atoms with van der Waals surface area (Å²) in [7, 11) is 0. The number of fused-ring (bicyclic) bond motifs is 2. The number of nitrogens with zero attached hydrogens (tertiary/aromatic N) is 1. The van der Waals surface area contributed by atoms with Crippen LogP contribution in [0.5, 0.6) is 5.75 Å². The van der Waals surface area contributed by atoms with Gasteiger partial charge in [-0.3, -0.25) is 9.89 Å². The molecule has 1 aromatic heterocycles. The van der Waals surface area contributed by atoms with E-state index < -0.39 is 0 Å². The molecule has 1 amide bonds. The van der Waals surface area contributed by atoms with Gasteiger partial charge in [0.25, 0.3) is 0 Å². The summed E-state index contributed by atoms with van der Waals surface area (Å²) in [6.07, 6.45) is 3.11. The zero-order valence-corrected chi connectivity index (χ0v) is 12.1. The second-order valence-electron chi connectivity index (χ2n) is 6.38. The Morgan fingerprint density at radius 2 is 2.19 bits per heavy atom. The summed E-state index contributed by atoms with van der Waals surface area (Å²) in [6, 6.07) is 6.21. The Morgan fingerprint density at radius 1 is 1.33 bits per heavy atom. The molecule has 0 bridgehead atoms. The molecule has 2 aromatic rings. The van der Waals surface area contributed by atoms with Crippen LogP contribution in [-0.2, 0) is 11.2 Å². The molecule has 21 heavy (non-hydrogen) atoms. The minimum absolute atomic E-state index is 0.00338. The van der Waals surface area contributed by atoms with Crippen molar-refractivity contribution < 1.29 is 9.53 Å². The van der Waals surface area contributed by atoms with Crippen LogP contribution in [0, 0.1) is 0 Å². The molecule has 4 rings (SSSR count). The zero-order valence-electron chi connectivity index (χ0n) is 12.1. The van der Waals surface area contributed by atoms with Crippen molar-refractivity contribution in [2.45, 2.75) is 38.2 Å². The van der Waals surface area contributed by atoms with E-state index in [1.807, 2.05) is 6.07 Å². The fraction of sp³-hybridized carbons (Fsp3) is 0.375. The lowest BCUT2D eigenvalue weighted by atomic mass is 9.86. The molecule has 0 radical (unpaired) electrons. The summed E-state index contributed by atoms with van der Waals surface area (Å²) in [6.45, 7) is 4.18. The van der Waals surface area contributed by atoms with Gasteiger partial charge in [0.1, 0.15) is 17.2 Å². The van der Waals surface area contributed by atoms with Crippen LogP contribution in [0.1, 0.15) is 42.9 Å². The lowest BCUT2D eigenvalue weighted by Crippen LogP contribution is -2.26. The van der Waals surface area contributed by atoms with E-state index in [1.54, 1.807) is 6.20 Å². The van der Waals surface area contributed by atoms with E-state index in [0.717, 1.165) is 23.3 Å². The van der Waals surface area contributed by atoms with Crippen molar-refractivity contribution in [3.05, 3.63) is 41.1 Å². The number of benzene rings is 1. The van der Waals surface area contributed by atoms with E-state index >= 15 is 0 Å². The number of carbonyl (C=O) groups excluding carboxylic acids is 1. The number of nitrogens with one attached hydrogen (secondary N) is 2. The van der Waals surface area contributed by atoms with Gasteiger partial charge in [-0.25, -0.2) is 0 Å². The molecule has 2 aliphatic rings. The normalized spacial score (nSPS) is 22.2. The molecule has 0 unspecified atom stereocenters. The fourth-order valence-corrected chi connectivity index (χ4v) is 3.34. The summed E-state index contributed by atoms with van der Waals surface area (Å²) in [5.41, 5.74) is 3.13. The first-order chi connectivity index (χ1) is 10.0. The van der Waals surface area contributed by atoms with E-state index in [1.165, 1.54) is 5.56 Å². The molecule has 0 fully saturated rings. The van der Waals surface area contributed by atoms with E-state index in [9.17, 15) is 4.79 Å². The van der Waals surface area contributed by atoms with Crippen molar-refractivity contribution in [1.82, 2.24) is 10.2 Å². The molecular formula is C16H17N3O2. The van der Waals surface area contributed by atoms with Crippen LogP contribution in [0.25, 0.3) is 0 Å². The first kappa shape index (κ1) is 12.4. The highest BCUT2D eigenvalue weighted by Gasteiger charge is 2.36. The van der Waals surface area contributed by atoms with Crippen LogP contribution in [0.3, 0.4) is 0 Å². The van der Waals surface area contributed by atoms with Gasteiger partial charge in [-0.05, 0) is 19.4 Å². The number of aromatic nitrogens is 2. The molecular weight excluding hydrogens is 266 g/mol. The average Bonchev–Trinajstić information content (AvgIpc) is 2.98. The van der Waals surface area contributed by atoms with Crippen LogP contribution in [0.4, 0.5) is 5.82 Å². The predicted molar refractivity (Wildman–Crippen MR) is 78.5 cm³/mol. The average molecular weight is 283 g/mol. The lowest BCUT2D eigenvalue weighted by Gasteiger charge is -2.25. The molecule has 3 heterocycles. The molecule has 0 saturated heterocycles. The molecule has 0 spiro atoms. The Labute approximate surface area is 122 Å². The first-order valence-electron chi connectivity index (χ1n) is 7.17. The third-order valence-electron chi connectivity index (χ3n) is 4.19. The Hall–Kier alpha value is -2.30. The number of para-hydroxylation sites is 1. The van der Waals surface area contributed by atoms with Crippen molar-refractivity contribution in [3.63, 3.8) is 0 Å². The van der Waals surface area contributed by atoms with E-state index in [-0.39, 0.29) is 17.4 Å². The maximum Gasteiger partial charge on any atom is 0.226 e. The van der Waals surface area contributed by atoms with Crippen LogP contribution < -0.4 is 10.1 Å². The second kappa shape index (κ2) is 4.10. The molecule has 2 N–H and O–H groups in total. The van der Waals surface area contributed by atoms with E-state index in [0.29, 0.717) is 12.2 Å². The number of aromatic amines is 1. The number of amides is 1. The minimum Gasteiger partial charge on any atom is -0.487 e. The lowest BCUT2D eigenvalue weighted by molar-refractivity contribution is -0.116. The highest BCUT2D eigenvalue weighted by molar-refractivity contribution is 5.94. The van der Waals surface area contributed by atoms with Gasteiger partial charge in [-0.1, -0.05) is 18.2 Å². The van der Waals surface area contributed by atoms with Crippen LogP contribution in [0.15, 0.2) is 24.4 Å². The number of anilines is 1. The SMILES string of the molecule is CC1(C)Cc2cccc([C@H]3CC(=O)Nc4[nH]ncc43)c2O1. The summed E-state index contributed by atoms with van der Waals surface area (Å²) in [5, 5.41) is 9.73. The number of H-pyrrole nitrogens is 1. The van der Waals surface area contributed by atoms with Gasteiger partial charge in [0.05, 0.1) is 6.20 Å². The molecule has 5 heteroatoms. The third-order valence-corrected chi connectivity index (χ3v) is 4.19. The minimum atomic E-state index is -0.186. The van der Waals surface area contributed by atoms with Crippen molar-refractivity contribution in [3.8, 4) is 5.75 Å². The van der Waals surface area contributed by atoms with Crippen molar-refractivity contribution in [2.24, 2.45) is 0 Å². The summed E-state index contributed by atoms with van der Waals surface area (Å²) >= 11 is 0. The topological polar surface area (TPSA) is 67.0 Å². The third kappa shape index (κ3) is 1.92. The molecule has 0 aliphatic carbocycles. The Bertz CT molecular complexity index is 733. The summed E-state index contributed by atoms with van der Waals surface area (Å²) < 4.78 is 6.14. The molecule has 2 aliphatic heterocycles.